The molecule has 2 aromatic carbocycles. The topological polar surface area (TPSA) is 17.4 Å². The van der Waals surface area contributed by atoms with Gasteiger partial charge in [-0.15, -0.1) is 0 Å². The molecule has 0 bridgehead atoms. The van der Waals surface area contributed by atoms with Crippen LogP contribution in [0.15, 0.2) is 42.5 Å². The van der Waals surface area contributed by atoms with Gasteiger partial charge in [-0.25, -0.2) is 0 Å². The number of likely N-dealkylation sites (N-methyl/N-ethyl adjacent to an activating group) is 1. The molecule has 0 N–H and O–H groups in total. The number of hydrogen-bond acceptors (Lipinski definition) is 2. The molecule has 5 rings (SSSR count). The van der Waals surface area contributed by atoms with Gasteiger partial charge in [0.15, 0.2) is 0 Å². The van der Waals surface area contributed by atoms with Crippen LogP contribution in [-0.2, 0) is 6.54 Å². The molecule has 1 fully saturated rings. The van der Waals surface area contributed by atoms with E-state index in [2.05, 4.69) is 59.0 Å². The van der Waals surface area contributed by atoms with Gasteiger partial charge < -0.3 is 14.2 Å². The summed E-state index contributed by atoms with van der Waals surface area (Å²) in [6.07, 6.45) is 1.24. The van der Waals surface area contributed by atoms with E-state index in [0.717, 1.165) is 18.8 Å². The second kappa shape index (κ2) is 5.12. The number of aromatic nitrogens is 1. The predicted molar refractivity (Wildman–Crippen MR) is 97.9 cm³/mol. The molecule has 122 valence electrons. The lowest BCUT2D eigenvalue weighted by Gasteiger charge is -2.13. The first kappa shape index (κ1) is 14.1. The standard InChI is InChI=1S/C21H22N2O/c1-22-10-9-15(12-22)20-18-11-16(24-2)7-8-19(18)23-13-14-5-3-4-6-17(14)21(20)23/h3-8,11,15H,9-10,12-13H2,1-2H3. The number of ether oxygens (including phenoxy) is 1. The molecular formula is C21H22N2O. The van der Waals surface area contributed by atoms with Gasteiger partial charge in [0.25, 0.3) is 0 Å². The lowest BCUT2D eigenvalue weighted by molar-refractivity contribution is 0.411. The molecule has 3 aromatic rings. The molecule has 3 nitrogen and oxygen atoms in total. The van der Waals surface area contributed by atoms with E-state index in [-0.39, 0.29) is 0 Å². The maximum absolute atomic E-state index is 5.51. The molecule has 1 unspecified atom stereocenters. The van der Waals surface area contributed by atoms with E-state index in [1.807, 2.05) is 0 Å². The molecule has 0 aliphatic carbocycles. The van der Waals surface area contributed by atoms with Crippen molar-refractivity contribution in [3.63, 3.8) is 0 Å². The average molecular weight is 318 g/mol. The smallest absolute Gasteiger partial charge is 0.119 e. The zero-order valence-electron chi connectivity index (χ0n) is 14.2. The fourth-order valence-electron chi connectivity index (χ4n) is 4.58. The molecule has 0 spiro atoms. The van der Waals surface area contributed by atoms with Crippen LogP contribution in [-0.4, -0.2) is 36.7 Å². The Morgan fingerprint density at radius 3 is 2.79 bits per heavy atom. The first-order chi connectivity index (χ1) is 11.8. The minimum Gasteiger partial charge on any atom is -0.497 e. The van der Waals surface area contributed by atoms with E-state index < -0.39 is 0 Å². The van der Waals surface area contributed by atoms with Gasteiger partial charge in [0.2, 0.25) is 0 Å². The van der Waals surface area contributed by atoms with Crippen molar-refractivity contribution in [2.45, 2.75) is 18.9 Å². The lowest BCUT2D eigenvalue weighted by atomic mass is 9.92. The Kier molecular flexibility index (Phi) is 3.01. The summed E-state index contributed by atoms with van der Waals surface area (Å²) < 4.78 is 8.02. The van der Waals surface area contributed by atoms with Crippen molar-refractivity contribution in [2.24, 2.45) is 0 Å². The van der Waals surface area contributed by atoms with Crippen molar-refractivity contribution in [3.8, 4) is 17.0 Å². The van der Waals surface area contributed by atoms with E-state index in [1.54, 1.807) is 7.11 Å². The van der Waals surface area contributed by atoms with Crippen LogP contribution < -0.4 is 4.74 Å². The molecular weight excluding hydrogens is 296 g/mol. The molecule has 3 heteroatoms. The first-order valence-corrected chi connectivity index (χ1v) is 8.73. The fraction of sp³-hybridized carbons (Fsp3) is 0.333. The van der Waals surface area contributed by atoms with Crippen LogP contribution in [0.5, 0.6) is 5.75 Å². The van der Waals surface area contributed by atoms with Crippen LogP contribution in [0, 0.1) is 0 Å². The van der Waals surface area contributed by atoms with Gasteiger partial charge in [0.1, 0.15) is 5.75 Å². The number of rotatable bonds is 2. The summed E-state index contributed by atoms with van der Waals surface area (Å²) in [4.78, 5) is 2.45. The highest BCUT2D eigenvalue weighted by Gasteiger charge is 2.32. The van der Waals surface area contributed by atoms with Gasteiger partial charge in [-0.3, -0.25) is 0 Å². The van der Waals surface area contributed by atoms with Gasteiger partial charge in [-0.1, -0.05) is 24.3 Å². The molecule has 1 aromatic heterocycles. The number of benzene rings is 2. The average Bonchev–Trinajstić information content (AvgIpc) is 3.27. The summed E-state index contributed by atoms with van der Waals surface area (Å²) in [5.74, 6) is 1.56. The maximum Gasteiger partial charge on any atom is 0.119 e. The Bertz CT molecular complexity index is 940. The van der Waals surface area contributed by atoms with E-state index in [0.29, 0.717) is 5.92 Å². The minimum atomic E-state index is 0.604. The number of fused-ring (bicyclic) bond motifs is 5. The number of likely N-dealkylation sites (tertiary alicyclic amines) is 1. The Morgan fingerprint density at radius 1 is 1.12 bits per heavy atom. The van der Waals surface area contributed by atoms with Crippen LogP contribution in [0.3, 0.4) is 0 Å². The second-order valence-corrected chi connectivity index (χ2v) is 7.14. The van der Waals surface area contributed by atoms with Gasteiger partial charge >= 0.3 is 0 Å². The SMILES string of the molecule is COc1ccc2c(c1)c(C1CCN(C)C1)c1n2Cc2ccccc2-1. The number of hydrogen-bond donors (Lipinski definition) is 0. The summed E-state index contributed by atoms with van der Waals surface area (Å²) in [7, 11) is 3.98. The zero-order valence-corrected chi connectivity index (χ0v) is 14.2. The van der Waals surface area contributed by atoms with Crippen molar-refractivity contribution >= 4 is 10.9 Å². The highest BCUT2D eigenvalue weighted by atomic mass is 16.5. The summed E-state index contributed by atoms with van der Waals surface area (Å²) in [6, 6.07) is 15.4. The lowest BCUT2D eigenvalue weighted by Crippen LogP contribution is -2.13. The summed E-state index contributed by atoms with van der Waals surface area (Å²) >= 11 is 0. The molecule has 0 amide bonds. The third-order valence-corrected chi connectivity index (χ3v) is 5.71. The van der Waals surface area contributed by atoms with Crippen LogP contribution in [0.1, 0.15) is 23.5 Å². The zero-order chi connectivity index (χ0) is 16.3. The Morgan fingerprint density at radius 2 is 2.00 bits per heavy atom. The van der Waals surface area contributed by atoms with E-state index in [1.165, 1.54) is 46.3 Å². The van der Waals surface area contributed by atoms with E-state index in [9.17, 15) is 0 Å². The Balaban J connectivity index is 1.82. The van der Waals surface area contributed by atoms with Crippen LogP contribution in [0.4, 0.5) is 0 Å². The molecule has 2 aliphatic heterocycles. The van der Waals surface area contributed by atoms with Crippen molar-refractivity contribution < 1.29 is 4.74 Å². The van der Waals surface area contributed by atoms with E-state index in [4.69, 9.17) is 4.74 Å². The monoisotopic (exact) mass is 318 g/mol. The second-order valence-electron chi connectivity index (χ2n) is 7.14. The van der Waals surface area contributed by atoms with Crippen LogP contribution in [0.2, 0.25) is 0 Å². The van der Waals surface area contributed by atoms with Crippen LogP contribution >= 0.6 is 0 Å². The van der Waals surface area contributed by atoms with Crippen LogP contribution in [0.25, 0.3) is 22.2 Å². The van der Waals surface area contributed by atoms with Gasteiger partial charge in [0, 0.05) is 35.5 Å². The number of methoxy groups -OCH3 is 1. The molecule has 3 heterocycles. The van der Waals surface area contributed by atoms with Gasteiger partial charge in [-0.05, 0) is 49.3 Å². The summed E-state index contributed by atoms with van der Waals surface area (Å²) in [6.45, 7) is 3.31. The minimum absolute atomic E-state index is 0.604. The summed E-state index contributed by atoms with van der Waals surface area (Å²) in [5, 5.41) is 1.37. The molecule has 0 saturated carbocycles. The maximum atomic E-state index is 5.51. The van der Waals surface area contributed by atoms with Crippen molar-refractivity contribution in [2.75, 3.05) is 27.2 Å². The quantitative estimate of drug-likeness (QED) is 0.554. The number of nitrogens with zero attached hydrogens (tertiary/aromatic N) is 2. The summed E-state index contributed by atoms with van der Waals surface area (Å²) in [5.41, 5.74) is 7.16. The predicted octanol–water partition coefficient (Wildman–Crippen LogP) is 4.10. The third-order valence-electron chi connectivity index (χ3n) is 5.71. The molecule has 2 aliphatic rings. The van der Waals surface area contributed by atoms with E-state index >= 15 is 0 Å². The van der Waals surface area contributed by atoms with Crippen molar-refractivity contribution in [3.05, 3.63) is 53.6 Å². The molecule has 0 radical (unpaired) electrons. The van der Waals surface area contributed by atoms with Gasteiger partial charge in [0.05, 0.1) is 12.8 Å². The van der Waals surface area contributed by atoms with Gasteiger partial charge in [-0.2, -0.15) is 0 Å². The Labute approximate surface area is 142 Å². The third kappa shape index (κ3) is 1.88. The molecule has 1 saturated heterocycles. The normalized spacial score (nSPS) is 19.7. The Hall–Kier alpha value is -2.26. The van der Waals surface area contributed by atoms with Crippen molar-refractivity contribution in [1.82, 2.24) is 9.47 Å². The fourth-order valence-corrected chi connectivity index (χ4v) is 4.58. The highest BCUT2D eigenvalue weighted by Crippen LogP contribution is 2.46. The largest absolute Gasteiger partial charge is 0.497 e. The molecule has 24 heavy (non-hydrogen) atoms. The molecule has 1 atom stereocenters. The van der Waals surface area contributed by atoms with Crippen molar-refractivity contribution in [1.29, 1.82) is 0 Å². The highest BCUT2D eigenvalue weighted by molar-refractivity contribution is 5.95. The first-order valence-electron chi connectivity index (χ1n) is 8.73.